The Morgan fingerprint density at radius 1 is 1.19 bits per heavy atom. The topological polar surface area (TPSA) is 71.5 Å². The van der Waals surface area contributed by atoms with Gasteiger partial charge in [-0.3, -0.25) is 0 Å². The van der Waals surface area contributed by atoms with Crippen molar-refractivity contribution in [1.82, 2.24) is 4.98 Å². The maximum absolute atomic E-state index is 12.8. The largest absolute Gasteiger partial charge is 0.496 e. The third-order valence-corrected chi connectivity index (χ3v) is 3.97. The number of pyridine rings is 1. The van der Waals surface area contributed by atoms with Crippen LogP contribution >= 0.6 is 0 Å². The summed E-state index contributed by atoms with van der Waals surface area (Å²) in [6, 6.07) is 11.1. The minimum atomic E-state index is -4.41. The first-order valence-electron chi connectivity index (χ1n) is 7.90. The van der Waals surface area contributed by atoms with Gasteiger partial charge >= 0.3 is 12.1 Å². The summed E-state index contributed by atoms with van der Waals surface area (Å²) < 4.78 is 43.7. The lowest BCUT2D eigenvalue weighted by Crippen LogP contribution is -2.07. The summed E-state index contributed by atoms with van der Waals surface area (Å²) in [7, 11) is 1.47. The molecular formula is C19H15F3N2O3. The van der Waals surface area contributed by atoms with Crippen molar-refractivity contribution in [3.05, 3.63) is 65.2 Å². The second-order valence-corrected chi connectivity index (χ2v) is 5.80. The fourth-order valence-electron chi connectivity index (χ4n) is 2.64. The van der Waals surface area contributed by atoms with Crippen LogP contribution in [-0.2, 0) is 12.7 Å². The molecular weight excluding hydrogens is 361 g/mol. The number of aromatic carboxylic acids is 1. The van der Waals surface area contributed by atoms with Crippen molar-refractivity contribution < 1.29 is 27.8 Å². The Kier molecular flexibility index (Phi) is 4.89. The van der Waals surface area contributed by atoms with Gasteiger partial charge in [-0.1, -0.05) is 12.1 Å². The fraction of sp³-hybridized carbons (Fsp3) is 0.158. The van der Waals surface area contributed by atoms with Crippen LogP contribution in [0.5, 0.6) is 5.75 Å². The number of methoxy groups -OCH3 is 1. The maximum Gasteiger partial charge on any atom is 0.416 e. The van der Waals surface area contributed by atoms with Crippen LogP contribution in [0.2, 0.25) is 0 Å². The number of anilines is 1. The van der Waals surface area contributed by atoms with Crippen LogP contribution in [0.25, 0.3) is 10.9 Å². The predicted octanol–water partition coefficient (Wildman–Crippen LogP) is 4.57. The second kappa shape index (κ2) is 7.14. The van der Waals surface area contributed by atoms with E-state index >= 15 is 0 Å². The maximum atomic E-state index is 12.8. The third-order valence-electron chi connectivity index (χ3n) is 3.97. The Hall–Kier alpha value is -3.29. The van der Waals surface area contributed by atoms with E-state index in [2.05, 4.69) is 10.3 Å². The van der Waals surface area contributed by atoms with Crippen LogP contribution in [0.1, 0.15) is 21.5 Å². The number of carboxylic acids is 1. The number of nitrogens with zero attached hydrogens (tertiary/aromatic N) is 1. The van der Waals surface area contributed by atoms with Crippen LogP contribution in [0.4, 0.5) is 19.0 Å². The molecule has 2 N–H and O–H groups in total. The third kappa shape index (κ3) is 4.11. The molecule has 1 heterocycles. The molecule has 1 aromatic heterocycles. The SMILES string of the molecule is COc1cc(NCc2cccc(C(F)(F)F)c2)nc2cc(C(=O)O)ccc12. The first kappa shape index (κ1) is 18.5. The fourth-order valence-corrected chi connectivity index (χ4v) is 2.64. The molecule has 0 atom stereocenters. The summed E-state index contributed by atoms with van der Waals surface area (Å²) in [5.74, 6) is -0.247. The average Bonchev–Trinajstić information content (AvgIpc) is 2.64. The molecule has 0 aliphatic carbocycles. The molecule has 0 aliphatic rings. The van der Waals surface area contributed by atoms with Gasteiger partial charge in [0.15, 0.2) is 0 Å². The van der Waals surface area contributed by atoms with Gasteiger partial charge in [-0.25, -0.2) is 9.78 Å². The van der Waals surface area contributed by atoms with Gasteiger partial charge in [0.05, 0.1) is 23.8 Å². The smallest absolute Gasteiger partial charge is 0.416 e. The van der Waals surface area contributed by atoms with Crippen molar-refractivity contribution in [2.24, 2.45) is 0 Å². The van der Waals surface area contributed by atoms with Gasteiger partial charge in [-0.05, 0) is 35.9 Å². The monoisotopic (exact) mass is 376 g/mol. The Labute approximate surface area is 152 Å². The van der Waals surface area contributed by atoms with E-state index in [1.807, 2.05) is 0 Å². The Bertz CT molecular complexity index is 1000. The molecule has 5 nitrogen and oxygen atoms in total. The van der Waals surface area contributed by atoms with Crippen molar-refractivity contribution in [3.63, 3.8) is 0 Å². The number of halogens is 3. The molecule has 2 aromatic carbocycles. The molecule has 0 saturated heterocycles. The molecule has 140 valence electrons. The van der Waals surface area contributed by atoms with Gasteiger partial charge in [0.2, 0.25) is 0 Å². The highest BCUT2D eigenvalue weighted by Crippen LogP contribution is 2.30. The first-order valence-corrected chi connectivity index (χ1v) is 7.90. The minimum Gasteiger partial charge on any atom is -0.496 e. The summed E-state index contributed by atoms with van der Waals surface area (Å²) in [6.07, 6.45) is -4.41. The van der Waals surface area contributed by atoms with E-state index in [4.69, 9.17) is 9.84 Å². The zero-order valence-electron chi connectivity index (χ0n) is 14.2. The molecule has 3 aromatic rings. The lowest BCUT2D eigenvalue weighted by Gasteiger charge is -2.12. The zero-order valence-corrected chi connectivity index (χ0v) is 14.2. The number of ether oxygens (including phenoxy) is 1. The number of carboxylic acid groups (broad SMARTS) is 1. The number of nitrogens with one attached hydrogen (secondary N) is 1. The van der Waals surface area contributed by atoms with Crippen molar-refractivity contribution in [3.8, 4) is 5.75 Å². The number of carbonyl (C=O) groups is 1. The number of aromatic nitrogens is 1. The van der Waals surface area contributed by atoms with Crippen LogP contribution in [0.15, 0.2) is 48.5 Å². The van der Waals surface area contributed by atoms with Gasteiger partial charge < -0.3 is 15.2 Å². The van der Waals surface area contributed by atoms with E-state index in [-0.39, 0.29) is 12.1 Å². The van der Waals surface area contributed by atoms with Crippen molar-refractivity contribution in [2.75, 3.05) is 12.4 Å². The second-order valence-electron chi connectivity index (χ2n) is 5.80. The zero-order chi connectivity index (χ0) is 19.6. The average molecular weight is 376 g/mol. The van der Waals surface area contributed by atoms with Crippen LogP contribution in [0.3, 0.4) is 0 Å². The van der Waals surface area contributed by atoms with E-state index in [9.17, 15) is 18.0 Å². The quantitative estimate of drug-likeness (QED) is 0.682. The van der Waals surface area contributed by atoms with Gasteiger partial charge in [0, 0.05) is 18.0 Å². The minimum absolute atomic E-state index is 0.0760. The van der Waals surface area contributed by atoms with Gasteiger partial charge in [-0.2, -0.15) is 13.2 Å². The molecule has 0 unspecified atom stereocenters. The Morgan fingerprint density at radius 2 is 1.96 bits per heavy atom. The van der Waals surface area contributed by atoms with Crippen molar-refractivity contribution in [1.29, 1.82) is 0 Å². The Balaban J connectivity index is 1.89. The predicted molar refractivity (Wildman–Crippen MR) is 94.0 cm³/mol. The molecule has 0 bridgehead atoms. The molecule has 0 spiro atoms. The number of alkyl halides is 3. The van der Waals surface area contributed by atoms with Crippen LogP contribution in [-0.4, -0.2) is 23.2 Å². The lowest BCUT2D eigenvalue weighted by atomic mass is 10.1. The standard InChI is InChI=1S/C19H15F3N2O3/c1-27-16-9-17(24-15-8-12(18(25)26)5-6-14(15)16)23-10-11-3-2-4-13(7-11)19(20,21)22/h2-9H,10H2,1H3,(H,23,24)(H,25,26). The number of rotatable bonds is 5. The van der Waals surface area contributed by atoms with E-state index in [0.717, 1.165) is 12.1 Å². The van der Waals surface area contributed by atoms with Gasteiger partial charge in [-0.15, -0.1) is 0 Å². The Morgan fingerprint density at radius 3 is 2.63 bits per heavy atom. The number of fused-ring (bicyclic) bond motifs is 1. The normalized spacial score (nSPS) is 11.4. The highest BCUT2D eigenvalue weighted by atomic mass is 19.4. The van der Waals surface area contributed by atoms with Crippen LogP contribution in [0, 0.1) is 0 Å². The van der Waals surface area contributed by atoms with Gasteiger partial charge in [0.25, 0.3) is 0 Å². The number of hydrogen-bond donors (Lipinski definition) is 2. The van der Waals surface area contributed by atoms with Gasteiger partial charge in [0.1, 0.15) is 11.6 Å². The first-order chi connectivity index (χ1) is 12.8. The number of benzene rings is 2. The number of hydrogen-bond acceptors (Lipinski definition) is 4. The molecule has 0 aliphatic heterocycles. The van der Waals surface area contributed by atoms with E-state index in [1.54, 1.807) is 18.2 Å². The highest BCUT2D eigenvalue weighted by Gasteiger charge is 2.30. The summed E-state index contributed by atoms with van der Waals surface area (Å²) in [6.45, 7) is 0.115. The van der Waals surface area contributed by atoms with Crippen molar-refractivity contribution >= 4 is 22.7 Å². The summed E-state index contributed by atoms with van der Waals surface area (Å²) in [5, 5.41) is 12.7. The highest BCUT2D eigenvalue weighted by molar-refractivity contribution is 5.95. The summed E-state index contributed by atoms with van der Waals surface area (Å²) >= 11 is 0. The molecule has 27 heavy (non-hydrogen) atoms. The molecule has 8 heteroatoms. The van der Waals surface area contributed by atoms with Crippen LogP contribution < -0.4 is 10.1 Å². The molecule has 3 rings (SSSR count). The van der Waals surface area contributed by atoms with E-state index in [0.29, 0.717) is 28.0 Å². The van der Waals surface area contributed by atoms with E-state index in [1.165, 1.54) is 25.3 Å². The van der Waals surface area contributed by atoms with E-state index < -0.39 is 17.7 Å². The summed E-state index contributed by atoms with van der Waals surface area (Å²) in [4.78, 5) is 15.5. The molecule has 0 amide bonds. The molecule has 0 saturated carbocycles. The van der Waals surface area contributed by atoms with Crippen molar-refractivity contribution in [2.45, 2.75) is 12.7 Å². The molecule has 0 radical (unpaired) electrons. The lowest BCUT2D eigenvalue weighted by molar-refractivity contribution is -0.137. The summed E-state index contributed by atoms with van der Waals surface area (Å²) in [5.41, 5.74) is 0.190. The molecule has 0 fully saturated rings.